The highest BCUT2D eigenvalue weighted by molar-refractivity contribution is 6.08. The third-order valence-corrected chi connectivity index (χ3v) is 6.12. The molecule has 0 radical (unpaired) electrons. The van der Waals surface area contributed by atoms with Crippen LogP contribution in [-0.4, -0.2) is 32.2 Å². The Hall–Kier alpha value is -4.00. The van der Waals surface area contributed by atoms with E-state index in [1.54, 1.807) is 19.3 Å². The van der Waals surface area contributed by atoms with E-state index in [4.69, 9.17) is 10.7 Å². The number of anilines is 1. The number of nitrogen functional groups attached to an aromatic ring is 1. The fraction of sp³-hybridized carbons (Fsp3) is 0.231. The summed E-state index contributed by atoms with van der Waals surface area (Å²) in [4.78, 5) is 33.4. The molecule has 0 bridgehead atoms. The number of carbonyl (C=O) groups excluding carboxylic acids is 1. The molecule has 2 aromatic carbocycles. The molecule has 1 aliphatic heterocycles. The zero-order chi connectivity index (χ0) is 23.1. The first-order valence-electron chi connectivity index (χ1n) is 11.0. The van der Waals surface area contributed by atoms with Crippen LogP contribution in [0.2, 0.25) is 0 Å². The summed E-state index contributed by atoms with van der Waals surface area (Å²) in [6.07, 6.45) is 2.28. The summed E-state index contributed by atoms with van der Waals surface area (Å²) in [5.41, 5.74) is 11.6. The van der Waals surface area contributed by atoms with E-state index in [0.717, 1.165) is 39.3 Å². The number of nitrogens with two attached hydrogens (primary N) is 1. The zero-order valence-corrected chi connectivity index (χ0v) is 18.7. The number of imidazole rings is 1. The molecule has 0 aliphatic carbocycles. The van der Waals surface area contributed by atoms with Crippen LogP contribution in [0.15, 0.2) is 70.6 Å². The Labute approximate surface area is 191 Å². The Bertz CT molecular complexity index is 1440. The first kappa shape index (κ1) is 20.9. The van der Waals surface area contributed by atoms with E-state index in [0.29, 0.717) is 13.0 Å². The number of aromatic nitrogens is 3. The van der Waals surface area contributed by atoms with E-state index in [1.807, 2.05) is 31.2 Å². The fourth-order valence-electron chi connectivity index (χ4n) is 4.50. The molecule has 0 saturated carbocycles. The maximum atomic E-state index is 12.1. The van der Waals surface area contributed by atoms with Gasteiger partial charge in [-0.25, -0.2) is 4.98 Å². The maximum absolute atomic E-state index is 12.1. The lowest BCUT2D eigenvalue weighted by Crippen LogP contribution is -2.24. The molecular formula is C26H25N5O2. The lowest BCUT2D eigenvalue weighted by Gasteiger charge is -2.18. The molecule has 1 atom stereocenters. The summed E-state index contributed by atoms with van der Waals surface area (Å²) in [6.45, 7) is 2.90. The Kier molecular flexibility index (Phi) is 5.17. The molecule has 5 rings (SSSR count). The summed E-state index contributed by atoms with van der Waals surface area (Å²) in [5, 5.41) is 0. The Morgan fingerprint density at radius 1 is 1.06 bits per heavy atom. The monoisotopic (exact) mass is 439 g/mol. The number of hydrogen-bond acceptors (Lipinski definition) is 5. The second-order valence-electron chi connectivity index (χ2n) is 8.66. The van der Waals surface area contributed by atoms with Gasteiger partial charge < -0.3 is 14.9 Å². The fourth-order valence-corrected chi connectivity index (χ4v) is 4.50. The van der Waals surface area contributed by atoms with Crippen molar-refractivity contribution >= 4 is 28.2 Å². The van der Waals surface area contributed by atoms with Gasteiger partial charge in [-0.15, -0.1) is 0 Å². The minimum absolute atomic E-state index is 0.0815. The highest BCUT2D eigenvalue weighted by Gasteiger charge is 2.23. The lowest BCUT2D eigenvalue weighted by molar-refractivity contribution is -0.118. The van der Waals surface area contributed by atoms with Crippen molar-refractivity contribution < 1.29 is 4.79 Å². The van der Waals surface area contributed by atoms with Gasteiger partial charge in [-0.3, -0.25) is 14.6 Å². The van der Waals surface area contributed by atoms with Crippen LogP contribution < -0.4 is 11.3 Å². The smallest absolute Gasteiger partial charge is 0.273 e. The average molecular weight is 440 g/mol. The van der Waals surface area contributed by atoms with Gasteiger partial charge >= 0.3 is 0 Å². The Balaban J connectivity index is 1.68. The molecule has 2 N–H and O–H groups in total. The largest absolute Gasteiger partial charge is 0.394 e. The quantitative estimate of drug-likeness (QED) is 0.527. The summed E-state index contributed by atoms with van der Waals surface area (Å²) in [5.74, 6) is 0.995. The second kappa shape index (κ2) is 8.16. The number of carbonyl (C=O) groups is 1. The van der Waals surface area contributed by atoms with Crippen LogP contribution in [0, 0.1) is 5.92 Å². The van der Waals surface area contributed by atoms with Crippen molar-refractivity contribution in [2.45, 2.75) is 19.9 Å². The standard InChI is InChI=1S/C26H25N5O2/c1-16-10-20(32)13-28-24(16)18-8-9-23-22(12-18)29-25(19-11-21(27)26(33)30(2)15-19)31(23)14-17-6-4-3-5-7-17/h3-9,11-12,15-16H,10,13-14,27H2,1-2H3. The van der Waals surface area contributed by atoms with Crippen molar-refractivity contribution in [1.29, 1.82) is 0 Å². The van der Waals surface area contributed by atoms with E-state index >= 15 is 0 Å². The first-order chi connectivity index (χ1) is 15.9. The van der Waals surface area contributed by atoms with Crippen molar-refractivity contribution in [2.75, 3.05) is 12.3 Å². The van der Waals surface area contributed by atoms with Gasteiger partial charge in [0.25, 0.3) is 5.56 Å². The number of aliphatic imine (C=N–C) groups is 1. The van der Waals surface area contributed by atoms with Crippen LogP contribution in [-0.2, 0) is 18.4 Å². The number of benzene rings is 2. The number of rotatable bonds is 4. The number of aryl methyl sites for hydroxylation is 1. The average Bonchev–Trinajstić information content (AvgIpc) is 3.15. The summed E-state index contributed by atoms with van der Waals surface area (Å²) >= 11 is 0. The Morgan fingerprint density at radius 2 is 1.85 bits per heavy atom. The van der Waals surface area contributed by atoms with Gasteiger partial charge in [0.2, 0.25) is 0 Å². The second-order valence-corrected chi connectivity index (χ2v) is 8.66. The molecule has 2 aromatic heterocycles. The molecule has 4 aromatic rings. The molecule has 7 heteroatoms. The predicted molar refractivity (Wildman–Crippen MR) is 131 cm³/mol. The van der Waals surface area contributed by atoms with Gasteiger partial charge in [0.15, 0.2) is 5.78 Å². The summed E-state index contributed by atoms with van der Waals surface area (Å²) < 4.78 is 3.63. The molecule has 0 saturated heterocycles. The van der Waals surface area contributed by atoms with E-state index < -0.39 is 0 Å². The van der Waals surface area contributed by atoms with Crippen LogP contribution >= 0.6 is 0 Å². The van der Waals surface area contributed by atoms with Crippen molar-refractivity contribution in [3.8, 4) is 11.4 Å². The molecule has 166 valence electrons. The predicted octanol–water partition coefficient (Wildman–Crippen LogP) is 3.43. The molecule has 0 fully saturated rings. The highest BCUT2D eigenvalue weighted by atomic mass is 16.1. The minimum Gasteiger partial charge on any atom is -0.394 e. The van der Waals surface area contributed by atoms with E-state index in [2.05, 4.69) is 33.8 Å². The topological polar surface area (TPSA) is 95.3 Å². The number of Topliss-reactive ketones (excluding diaryl/α,β-unsaturated/α-hetero) is 1. The van der Waals surface area contributed by atoms with Gasteiger partial charge in [-0.2, -0.15) is 0 Å². The molecule has 3 heterocycles. The van der Waals surface area contributed by atoms with Gasteiger partial charge in [0.1, 0.15) is 5.82 Å². The summed E-state index contributed by atoms with van der Waals surface area (Å²) in [6, 6.07) is 18.0. The molecule has 1 unspecified atom stereocenters. The number of nitrogens with zero attached hydrogens (tertiary/aromatic N) is 4. The van der Waals surface area contributed by atoms with Gasteiger partial charge in [0, 0.05) is 43.4 Å². The van der Waals surface area contributed by atoms with E-state index in [9.17, 15) is 9.59 Å². The Morgan fingerprint density at radius 3 is 2.58 bits per heavy atom. The normalized spacial score (nSPS) is 16.2. The lowest BCUT2D eigenvalue weighted by atomic mass is 9.91. The zero-order valence-electron chi connectivity index (χ0n) is 18.7. The third-order valence-electron chi connectivity index (χ3n) is 6.12. The van der Waals surface area contributed by atoms with Crippen LogP contribution in [0.4, 0.5) is 5.69 Å². The molecule has 1 aliphatic rings. The van der Waals surface area contributed by atoms with Crippen molar-refractivity contribution in [3.05, 3.63) is 82.3 Å². The first-order valence-corrected chi connectivity index (χ1v) is 11.0. The summed E-state index contributed by atoms with van der Waals surface area (Å²) in [7, 11) is 1.69. The highest BCUT2D eigenvalue weighted by Crippen LogP contribution is 2.28. The van der Waals surface area contributed by atoms with Gasteiger partial charge in [-0.05, 0) is 29.3 Å². The van der Waals surface area contributed by atoms with Crippen molar-refractivity contribution in [1.82, 2.24) is 14.1 Å². The molecule has 0 amide bonds. The number of ketones is 1. The van der Waals surface area contributed by atoms with Crippen molar-refractivity contribution in [3.63, 3.8) is 0 Å². The van der Waals surface area contributed by atoms with E-state index in [1.165, 1.54) is 4.57 Å². The van der Waals surface area contributed by atoms with E-state index in [-0.39, 0.29) is 29.5 Å². The molecular weight excluding hydrogens is 414 g/mol. The maximum Gasteiger partial charge on any atom is 0.273 e. The SMILES string of the molecule is CC1CC(=O)CN=C1c1ccc2c(c1)nc(-c1cc(N)c(=O)n(C)c1)n2Cc1ccccc1. The molecule has 33 heavy (non-hydrogen) atoms. The van der Waals surface area contributed by atoms with Crippen LogP contribution in [0.25, 0.3) is 22.4 Å². The third kappa shape index (κ3) is 3.86. The van der Waals surface area contributed by atoms with Crippen molar-refractivity contribution in [2.24, 2.45) is 18.0 Å². The molecule has 0 spiro atoms. The van der Waals surface area contributed by atoms with Crippen LogP contribution in [0.3, 0.4) is 0 Å². The van der Waals surface area contributed by atoms with Gasteiger partial charge in [0.05, 0.1) is 23.3 Å². The van der Waals surface area contributed by atoms with Crippen LogP contribution in [0.1, 0.15) is 24.5 Å². The molecule has 7 nitrogen and oxygen atoms in total. The van der Waals surface area contributed by atoms with Crippen LogP contribution in [0.5, 0.6) is 0 Å². The number of pyridine rings is 1. The van der Waals surface area contributed by atoms with Gasteiger partial charge in [-0.1, -0.05) is 43.3 Å². The minimum atomic E-state index is -0.231. The number of fused-ring (bicyclic) bond motifs is 1. The number of hydrogen-bond donors (Lipinski definition) is 1.